The third-order valence-corrected chi connectivity index (χ3v) is 2.12. The summed E-state index contributed by atoms with van der Waals surface area (Å²) in [6.45, 7) is 5.26. The van der Waals surface area contributed by atoms with Crippen LogP contribution in [0.15, 0.2) is 24.3 Å². The highest BCUT2D eigenvalue weighted by Crippen LogP contribution is 2.06. The van der Waals surface area contributed by atoms with Crippen LogP contribution >= 0.6 is 12.2 Å². The molecular weight excluding hydrogens is 255 g/mol. The number of carbonyl (C=O) groups excluding carboxylic acids is 1. The average Bonchev–Trinajstić information content (AvgIpc) is 2.24. The molecule has 1 amide bonds. The number of halogens is 1. The van der Waals surface area contributed by atoms with Crippen molar-refractivity contribution in [3.63, 3.8) is 0 Å². The van der Waals surface area contributed by atoms with Gasteiger partial charge in [0, 0.05) is 5.56 Å². The topological polar surface area (TPSA) is 50.4 Å². The highest BCUT2D eigenvalue weighted by Gasteiger charge is 2.16. The molecule has 0 radical (unpaired) electrons. The second-order valence-electron chi connectivity index (χ2n) is 4.59. The fraction of sp³-hybridized carbons (Fsp3) is 0.333. The van der Waals surface area contributed by atoms with Crippen LogP contribution in [-0.2, 0) is 4.74 Å². The lowest BCUT2D eigenvalue weighted by Gasteiger charge is -2.20. The van der Waals surface area contributed by atoms with Crippen molar-refractivity contribution in [3.05, 3.63) is 35.6 Å². The number of thiocarbonyl (C=S) groups is 1. The van der Waals surface area contributed by atoms with Crippen molar-refractivity contribution in [1.29, 1.82) is 0 Å². The first-order valence-electron chi connectivity index (χ1n) is 5.33. The Labute approximate surface area is 110 Å². The number of rotatable bonds is 1. The van der Waals surface area contributed by atoms with Crippen LogP contribution in [0.5, 0.6) is 0 Å². The molecule has 98 valence electrons. The number of hydrogen-bond donors (Lipinski definition) is 2. The molecule has 4 nitrogen and oxygen atoms in total. The number of benzene rings is 1. The number of nitrogens with one attached hydrogen (secondary N) is 2. The van der Waals surface area contributed by atoms with Crippen LogP contribution < -0.4 is 10.9 Å². The van der Waals surface area contributed by atoms with Gasteiger partial charge in [-0.1, -0.05) is 12.2 Å². The van der Waals surface area contributed by atoms with E-state index >= 15 is 0 Å². The van der Waals surface area contributed by atoms with E-state index in [9.17, 15) is 9.18 Å². The van der Waals surface area contributed by atoms with Crippen LogP contribution in [0.4, 0.5) is 9.18 Å². The Morgan fingerprint density at radius 1 is 1.22 bits per heavy atom. The molecular formula is C12H15FN2O2S. The van der Waals surface area contributed by atoms with Crippen LogP contribution in [0, 0.1) is 5.82 Å². The van der Waals surface area contributed by atoms with E-state index in [1.165, 1.54) is 24.3 Å². The molecule has 0 aliphatic heterocycles. The van der Waals surface area contributed by atoms with E-state index in [0.717, 1.165) is 0 Å². The van der Waals surface area contributed by atoms with Gasteiger partial charge >= 0.3 is 6.09 Å². The van der Waals surface area contributed by atoms with Crippen molar-refractivity contribution in [2.24, 2.45) is 0 Å². The van der Waals surface area contributed by atoms with Crippen LogP contribution in [-0.4, -0.2) is 16.7 Å². The van der Waals surface area contributed by atoms with E-state index in [0.29, 0.717) is 5.56 Å². The molecule has 0 fully saturated rings. The average molecular weight is 270 g/mol. The molecule has 2 N–H and O–H groups in total. The molecule has 0 saturated heterocycles. The Balaban J connectivity index is 2.47. The summed E-state index contributed by atoms with van der Waals surface area (Å²) in [7, 11) is 0. The summed E-state index contributed by atoms with van der Waals surface area (Å²) in [5, 5.41) is 0. The minimum absolute atomic E-state index is 0.279. The molecule has 1 aromatic rings. The summed E-state index contributed by atoms with van der Waals surface area (Å²) in [5.74, 6) is -0.346. The van der Waals surface area contributed by atoms with E-state index in [-0.39, 0.29) is 10.8 Å². The molecule has 1 aromatic carbocycles. The molecule has 0 heterocycles. The number of hydrogen-bond acceptors (Lipinski definition) is 3. The minimum atomic E-state index is -0.632. The molecule has 0 aliphatic carbocycles. The second kappa shape index (κ2) is 5.77. The van der Waals surface area contributed by atoms with Crippen molar-refractivity contribution in [2.45, 2.75) is 26.4 Å². The van der Waals surface area contributed by atoms with Crippen LogP contribution in [0.1, 0.15) is 26.3 Å². The summed E-state index contributed by atoms with van der Waals surface area (Å²) in [5.41, 5.74) is 4.85. The molecule has 0 aliphatic rings. The first-order valence-corrected chi connectivity index (χ1v) is 5.74. The van der Waals surface area contributed by atoms with Gasteiger partial charge in [-0.05, 0) is 45.0 Å². The zero-order valence-electron chi connectivity index (χ0n) is 10.4. The Hall–Kier alpha value is -1.69. The van der Waals surface area contributed by atoms with Crippen molar-refractivity contribution in [3.8, 4) is 0 Å². The SMILES string of the molecule is CC(C)(C)OC(=O)NNC(=S)c1ccc(F)cc1. The van der Waals surface area contributed by atoms with Gasteiger partial charge in [0.1, 0.15) is 16.4 Å². The van der Waals surface area contributed by atoms with E-state index in [2.05, 4.69) is 10.9 Å². The van der Waals surface area contributed by atoms with Gasteiger partial charge in [0.05, 0.1) is 0 Å². The molecule has 0 aromatic heterocycles. The van der Waals surface area contributed by atoms with Crippen LogP contribution in [0.3, 0.4) is 0 Å². The number of ether oxygens (including phenoxy) is 1. The maximum atomic E-state index is 12.7. The molecule has 18 heavy (non-hydrogen) atoms. The van der Waals surface area contributed by atoms with Gasteiger partial charge in [0.15, 0.2) is 0 Å². The minimum Gasteiger partial charge on any atom is -0.443 e. The predicted molar refractivity (Wildman–Crippen MR) is 70.6 cm³/mol. The van der Waals surface area contributed by atoms with E-state index < -0.39 is 11.7 Å². The van der Waals surface area contributed by atoms with Gasteiger partial charge in [0.2, 0.25) is 0 Å². The van der Waals surface area contributed by atoms with Gasteiger partial charge in [-0.3, -0.25) is 5.43 Å². The predicted octanol–water partition coefficient (Wildman–Crippen LogP) is 2.53. The summed E-state index contributed by atoms with van der Waals surface area (Å²) in [4.78, 5) is 11.6. The smallest absolute Gasteiger partial charge is 0.426 e. The Morgan fingerprint density at radius 2 is 1.78 bits per heavy atom. The molecule has 0 saturated carbocycles. The zero-order valence-corrected chi connectivity index (χ0v) is 11.2. The number of hydrazine groups is 1. The monoisotopic (exact) mass is 270 g/mol. The molecule has 0 unspecified atom stereocenters. The van der Waals surface area contributed by atoms with Gasteiger partial charge < -0.3 is 4.74 Å². The van der Waals surface area contributed by atoms with Crippen molar-refractivity contribution >= 4 is 23.3 Å². The fourth-order valence-electron chi connectivity index (χ4n) is 1.08. The molecule has 6 heteroatoms. The quantitative estimate of drug-likeness (QED) is 0.608. The summed E-state index contributed by atoms with van der Waals surface area (Å²) in [6, 6.07) is 5.61. The Bertz CT molecular complexity index is 440. The number of carbonyl (C=O) groups is 1. The van der Waals surface area contributed by atoms with Crippen molar-refractivity contribution in [2.75, 3.05) is 0 Å². The third-order valence-electron chi connectivity index (χ3n) is 1.78. The van der Waals surface area contributed by atoms with Gasteiger partial charge in [-0.25, -0.2) is 14.6 Å². The van der Waals surface area contributed by atoms with Gasteiger partial charge in [-0.15, -0.1) is 0 Å². The van der Waals surface area contributed by atoms with Crippen LogP contribution in [0.2, 0.25) is 0 Å². The summed E-state index contributed by atoms with van der Waals surface area (Å²) in [6.07, 6.45) is -0.632. The van der Waals surface area contributed by atoms with E-state index in [4.69, 9.17) is 17.0 Å². The molecule has 0 spiro atoms. The Morgan fingerprint density at radius 3 is 2.28 bits per heavy atom. The molecule has 1 rings (SSSR count). The summed E-state index contributed by atoms with van der Waals surface area (Å²) >= 11 is 5.02. The van der Waals surface area contributed by atoms with Gasteiger partial charge in [0.25, 0.3) is 0 Å². The first kappa shape index (κ1) is 14.4. The lowest BCUT2D eigenvalue weighted by atomic mass is 10.2. The van der Waals surface area contributed by atoms with Gasteiger partial charge in [-0.2, -0.15) is 0 Å². The van der Waals surface area contributed by atoms with E-state index in [1.54, 1.807) is 20.8 Å². The van der Waals surface area contributed by atoms with Crippen LogP contribution in [0.25, 0.3) is 0 Å². The maximum Gasteiger partial charge on any atom is 0.426 e. The van der Waals surface area contributed by atoms with Crippen molar-refractivity contribution < 1.29 is 13.9 Å². The highest BCUT2D eigenvalue weighted by atomic mass is 32.1. The first-order chi connectivity index (χ1) is 8.28. The number of amides is 1. The Kier molecular flexibility index (Phi) is 4.61. The summed E-state index contributed by atoms with van der Waals surface area (Å²) < 4.78 is 17.7. The standard InChI is InChI=1S/C12H15FN2O2S/c1-12(2,3)17-11(16)15-14-10(18)8-4-6-9(13)7-5-8/h4-7H,1-3H3,(H,14,18)(H,15,16). The zero-order chi connectivity index (χ0) is 13.8. The fourth-order valence-corrected chi connectivity index (χ4v) is 1.27. The highest BCUT2D eigenvalue weighted by molar-refractivity contribution is 7.80. The maximum absolute atomic E-state index is 12.7. The van der Waals surface area contributed by atoms with E-state index in [1.807, 2.05) is 0 Å². The molecule has 0 bridgehead atoms. The normalized spacial score (nSPS) is 10.7. The lowest BCUT2D eigenvalue weighted by Crippen LogP contribution is -2.43. The second-order valence-corrected chi connectivity index (χ2v) is 5.00. The molecule has 0 atom stereocenters. The van der Waals surface area contributed by atoms with Crippen molar-refractivity contribution in [1.82, 2.24) is 10.9 Å². The lowest BCUT2D eigenvalue weighted by molar-refractivity contribution is 0.0513. The largest absolute Gasteiger partial charge is 0.443 e. The third kappa shape index (κ3) is 5.09.